The molecule has 0 aliphatic heterocycles. The van der Waals surface area contributed by atoms with Crippen molar-refractivity contribution in [2.24, 2.45) is 0 Å². The van der Waals surface area contributed by atoms with Crippen molar-refractivity contribution in [3.05, 3.63) is 19.2 Å². The molecule has 0 unspecified atom stereocenters. The van der Waals surface area contributed by atoms with Crippen LogP contribution in [0.1, 0.15) is 0 Å². The Labute approximate surface area is 48.3 Å². The van der Waals surface area contributed by atoms with E-state index in [2.05, 4.69) is 17.0 Å². The van der Waals surface area contributed by atoms with Crippen molar-refractivity contribution in [1.29, 1.82) is 0 Å². The smallest absolute Gasteiger partial charge is 0.410 e. The zero-order valence-corrected chi connectivity index (χ0v) is 4.68. The Hall–Kier alpha value is -0.990. The highest BCUT2D eigenvalue weighted by atomic mass is 16.5. The number of amides is 1. The van der Waals surface area contributed by atoms with Crippen molar-refractivity contribution in [1.82, 2.24) is 5.32 Å². The van der Waals surface area contributed by atoms with E-state index in [4.69, 9.17) is 0 Å². The van der Waals surface area contributed by atoms with Gasteiger partial charge in [-0.1, -0.05) is 6.08 Å². The highest BCUT2D eigenvalue weighted by molar-refractivity contribution is 5.68. The van der Waals surface area contributed by atoms with Crippen LogP contribution < -0.4 is 5.32 Å². The Morgan fingerprint density at radius 3 is 2.88 bits per heavy atom. The number of hydrogen-bond donors (Lipinski definition) is 1. The maximum absolute atomic E-state index is 10.2. The fourth-order valence-corrected chi connectivity index (χ4v) is 0.186. The van der Waals surface area contributed by atoms with Gasteiger partial charge in [-0.2, -0.15) is 0 Å². The summed E-state index contributed by atoms with van der Waals surface area (Å²) in [6.07, 6.45) is 2.37. The summed E-state index contributed by atoms with van der Waals surface area (Å²) in [5.74, 6) is 0. The molecule has 1 N–H and O–H groups in total. The van der Waals surface area contributed by atoms with Crippen molar-refractivity contribution in [2.45, 2.75) is 0 Å². The van der Waals surface area contributed by atoms with E-state index in [0.29, 0.717) is 0 Å². The molecule has 1 amide bonds. The van der Waals surface area contributed by atoms with E-state index in [1.165, 1.54) is 19.4 Å². The summed E-state index contributed by atoms with van der Waals surface area (Å²) in [4.78, 5) is 10.2. The summed E-state index contributed by atoms with van der Waals surface area (Å²) in [5.41, 5.74) is 0. The molecule has 0 aromatic rings. The number of nitrogens with one attached hydrogen (secondary N) is 1. The molecule has 0 aliphatic rings. The van der Waals surface area contributed by atoms with E-state index in [-0.39, 0.29) is 0 Å². The number of methoxy groups -OCH3 is 1. The molecule has 0 saturated carbocycles. The van der Waals surface area contributed by atoms with E-state index in [1.807, 2.05) is 0 Å². The van der Waals surface area contributed by atoms with Crippen LogP contribution >= 0.6 is 0 Å². The molecule has 0 saturated heterocycles. The summed E-state index contributed by atoms with van der Waals surface area (Å²) in [6, 6.07) is 0. The van der Waals surface area contributed by atoms with Gasteiger partial charge < -0.3 is 4.74 Å². The van der Waals surface area contributed by atoms with E-state index < -0.39 is 6.09 Å². The predicted molar refractivity (Wildman–Crippen MR) is 30.0 cm³/mol. The molecule has 45 valence electrons. The zero-order valence-electron chi connectivity index (χ0n) is 4.68. The van der Waals surface area contributed by atoms with Crippen LogP contribution in [0.2, 0.25) is 0 Å². The zero-order chi connectivity index (χ0) is 6.41. The fraction of sp³-hybridized carbons (Fsp3) is 0.200. The second kappa shape index (κ2) is 4.18. The first kappa shape index (κ1) is 7.01. The number of carbonyl (C=O) groups is 1. The molecular formula is C5H8NO2. The second-order valence-corrected chi connectivity index (χ2v) is 1.04. The summed E-state index contributed by atoms with van der Waals surface area (Å²) in [5, 5.41) is 2.28. The largest absolute Gasteiger partial charge is 0.453 e. The number of carbonyl (C=O) groups excluding carboxylic acids is 1. The highest BCUT2D eigenvalue weighted by Gasteiger charge is 1.88. The lowest BCUT2D eigenvalue weighted by atomic mass is 10.7. The lowest BCUT2D eigenvalue weighted by Crippen LogP contribution is -2.15. The second-order valence-electron chi connectivity index (χ2n) is 1.04. The average molecular weight is 114 g/mol. The molecule has 0 aromatic carbocycles. The normalized spacial score (nSPS) is 9.25. The molecule has 0 bridgehead atoms. The maximum atomic E-state index is 10.2. The number of hydrogen-bond acceptors (Lipinski definition) is 2. The van der Waals surface area contributed by atoms with Crippen LogP contribution in [0.15, 0.2) is 12.3 Å². The molecule has 0 aliphatic carbocycles. The summed E-state index contributed by atoms with van der Waals surface area (Å²) in [7, 11) is 1.30. The van der Waals surface area contributed by atoms with Gasteiger partial charge in [0.2, 0.25) is 0 Å². The van der Waals surface area contributed by atoms with Crippen LogP contribution in [0.4, 0.5) is 4.79 Å². The Morgan fingerprint density at radius 1 is 1.88 bits per heavy atom. The Kier molecular flexibility index (Phi) is 3.66. The van der Waals surface area contributed by atoms with Crippen LogP contribution in [0.25, 0.3) is 0 Å². The number of allylic oxidation sites excluding steroid dienone is 1. The summed E-state index contributed by atoms with van der Waals surface area (Å²) in [6.45, 7) is 3.34. The molecule has 0 atom stereocenters. The molecule has 0 spiro atoms. The van der Waals surface area contributed by atoms with Gasteiger partial charge >= 0.3 is 6.09 Å². The molecule has 1 radical (unpaired) electrons. The van der Waals surface area contributed by atoms with E-state index in [9.17, 15) is 4.79 Å². The van der Waals surface area contributed by atoms with Gasteiger partial charge in [0, 0.05) is 6.20 Å². The van der Waals surface area contributed by atoms with Crippen LogP contribution in [-0.4, -0.2) is 13.2 Å². The summed E-state index contributed by atoms with van der Waals surface area (Å²) < 4.78 is 4.22. The topological polar surface area (TPSA) is 38.3 Å². The predicted octanol–water partition coefficient (Wildman–Crippen LogP) is 0.690. The van der Waals surface area contributed by atoms with Gasteiger partial charge in [0.1, 0.15) is 0 Å². The molecule has 3 nitrogen and oxygen atoms in total. The maximum Gasteiger partial charge on any atom is 0.410 e. The van der Waals surface area contributed by atoms with Crippen molar-refractivity contribution in [3.8, 4) is 0 Å². The first-order chi connectivity index (χ1) is 3.81. The number of rotatable bonds is 1. The van der Waals surface area contributed by atoms with E-state index in [0.717, 1.165) is 0 Å². The number of ether oxygens (including phenoxy) is 1. The molecule has 0 fully saturated rings. The Balaban J connectivity index is 3.25. The Morgan fingerprint density at radius 2 is 2.50 bits per heavy atom. The first-order valence-corrected chi connectivity index (χ1v) is 2.10. The van der Waals surface area contributed by atoms with Gasteiger partial charge in [-0.15, -0.1) is 0 Å². The third-order valence-electron chi connectivity index (χ3n) is 0.504. The highest BCUT2D eigenvalue weighted by Crippen LogP contribution is 1.69. The van der Waals surface area contributed by atoms with Crippen LogP contribution in [-0.2, 0) is 4.74 Å². The van der Waals surface area contributed by atoms with E-state index in [1.54, 1.807) is 0 Å². The van der Waals surface area contributed by atoms with E-state index >= 15 is 0 Å². The minimum absolute atomic E-state index is 0.482. The summed E-state index contributed by atoms with van der Waals surface area (Å²) >= 11 is 0. The monoisotopic (exact) mass is 114 g/mol. The minimum Gasteiger partial charge on any atom is -0.453 e. The lowest BCUT2D eigenvalue weighted by molar-refractivity contribution is 0.175. The van der Waals surface area contributed by atoms with Crippen LogP contribution in [0, 0.1) is 6.92 Å². The number of alkyl carbamates (subject to hydrolysis) is 1. The van der Waals surface area contributed by atoms with Gasteiger partial charge in [-0.25, -0.2) is 4.79 Å². The minimum atomic E-state index is -0.482. The quantitative estimate of drug-likeness (QED) is 0.544. The van der Waals surface area contributed by atoms with Crippen molar-refractivity contribution in [2.75, 3.05) is 7.11 Å². The molecule has 8 heavy (non-hydrogen) atoms. The lowest BCUT2D eigenvalue weighted by Gasteiger charge is -1.92. The van der Waals surface area contributed by atoms with Crippen LogP contribution in [0.3, 0.4) is 0 Å². The van der Waals surface area contributed by atoms with Gasteiger partial charge in [0.25, 0.3) is 0 Å². The third-order valence-corrected chi connectivity index (χ3v) is 0.504. The van der Waals surface area contributed by atoms with Crippen LogP contribution in [0.5, 0.6) is 0 Å². The van der Waals surface area contributed by atoms with Gasteiger partial charge in [0.05, 0.1) is 7.11 Å². The SMILES string of the molecule is [CH2]/C=C/NC(=O)OC. The van der Waals surface area contributed by atoms with Crippen molar-refractivity contribution in [3.63, 3.8) is 0 Å². The van der Waals surface area contributed by atoms with Crippen molar-refractivity contribution < 1.29 is 9.53 Å². The third kappa shape index (κ3) is 3.21. The van der Waals surface area contributed by atoms with Gasteiger partial charge in [-0.3, -0.25) is 5.32 Å². The molecule has 0 rings (SSSR count). The molecular weight excluding hydrogens is 106 g/mol. The average Bonchev–Trinajstić information content (AvgIpc) is 1.83. The standard InChI is InChI=1S/C5H8NO2/c1-3-4-6-5(7)8-2/h3-4H,1H2,2H3,(H,6,7)/b4-3+. The Bertz CT molecular complexity index is 98.6. The van der Waals surface area contributed by atoms with Crippen molar-refractivity contribution >= 4 is 6.09 Å². The fourth-order valence-electron chi connectivity index (χ4n) is 0.186. The first-order valence-electron chi connectivity index (χ1n) is 2.10. The van der Waals surface area contributed by atoms with Gasteiger partial charge in [-0.05, 0) is 6.92 Å². The molecule has 3 heteroatoms. The molecule has 0 aromatic heterocycles. The van der Waals surface area contributed by atoms with Gasteiger partial charge in [0.15, 0.2) is 0 Å². The molecule has 0 heterocycles.